The molecule has 0 bridgehead atoms. The second kappa shape index (κ2) is 7.60. The first-order valence-corrected chi connectivity index (χ1v) is 9.88. The molecule has 0 aliphatic carbocycles. The molecule has 1 aromatic carbocycles. The van der Waals surface area contributed by atoms with Gasteiger partial charge in [0.05, 0.1) is 24.4 Å². The lowest BCUT2D eigenvalue weighted by molar-refractivity contribution is -0.238. The summed E-state index contributed by atoms with van der Waals surface area (Å²) in [6.07, 6.45) is -7.45. The molecule has 30 heavy (non-hydrogen) atoms. The van der Waals surface area contributed by atoms with Crippen LogP contribution in [-0.4, -0.2) is 68.3 Å². The minimum atomic E-state index is -1.50. The highest BCUT2D eigenvalue weighted by Crippen LogP contribution is 2.48. The van der Waals surface area contributed by atoms with Crippen LogP contribution in [0.5, 0.6) is 5.75 Å². The first kappa shape index (κ1) is 21.2. The summed E-state index contributed by atoms with van der Waals surface area (Å²) in [6.45, 7) is 3.02. The number of hydrogen-bond acceptors (Lipinski definition) is 9. The van der Waals surface area contributed by atoms with Gasteiger partial charge in [0.25, 0.3) is 0 Å². The predicted octanol–water partition coefficient (Wildman–Crippen LogP) is -0.154. The minimum Gasteiger partial charge on any atom is -0.487 e. The van der Waals surface area contributed by atoms with Crippen LogP contribution >= 0.6 is 0 Å². The van der Waals surface area contributed by atoms with Crippen molar-refractivity contribution in [1.29, 1.82) is 0 Å². The van der Waals surface area contributed by atoms with E-state index in [0.29, 0.717) is 16.7 Å². The van der Waals surface area contributed by atoms with Crippen molar-refractivity contribution in [3.63, 3.8) is 0 Å². The Morgan fingerprint density at radius 1 is 0.967 bits per heavy atom. The maximum absolute atomic E-state index is 11.8. The zero-order chi connectivity index (χ0) is 21.8. The number of benzene rings is 1. The Balaban J connectivity index is 1.71. The third-order valence-corrected chi connectivity index (χ3v) is 6.21. The smallest absolute Gasteiger partial charge is 0.336 e. The Labute approximate surface area is 172 Å². The summed E-state index contributed by atoms with van der Waals surface area (Å²) in [7, 11) is 0. The normalized spacial score (nSPS) is 35.6. The van der Waals surface area contributed by atoms with Crippen LogP contribution < -0.4 is 10.4 Å². The van der Waals surface area contributed by atoms with Gasteiger partial charge in [-0.15, -0.1) is 0 Å². The van der Waals surface area contributed by atoms with E-state index in [2.05, 4.69) is 0 Å². The fourth-order valence-corrected chi connectivity index (χ4v) is 4.48. The summed E-state index contributed by atoms with van der Waals surface area (Å²) >= 11 is 0. The topological polar surface area (TPSA) is 150 Å². The monoisotopic (exact) mass is 422 g/mol. The molecule has 0 amide bonds. The predicted molar refractivity (Wildman–Crippen MR) is 104 cm³/mol. The molecular weight excluding hydrogens is 396 g/mol. The Hall–Kier alpha value is -2.01. The largest absolute Gasteiger partial charge is 0.487 e. The zero-order valence-electron chi connectivity index (χ0n) is 16.6. The maximum atomic E-state index is 11.8. The number of ether oxygens (including phenoxy) is 2. The average Bonchev–Trinajstić information content (AvgIpc) is 2.69. The molecule has 9 nitrogen and oxygen atoms in total. The average molecular weight is 422 g/mol. The summed E-state index contributed by atoms with van der Waals surface area (Å²) in [5.74, 6) is -0.234. The highest BCUT2D eigenvalue weighted by molar-refractivity contribution is 5.82. The summed E-state index contributed by atoms with van der Waals surface area (Å²) in [5, 5.41) is 51.8. The summed E-state index contributed by atoms with van der Waals surface area (Å²) in [5.41, 5.74) is -0.895. The van der Waals surface area contributed by atoms with Gasteiger partial charge in [0, 0.05) is 17.4 Å². The number of fused-ring (bicyclic) bond motifs is 3. The van der Waals surface area contributed by atoms with Gasteiger partial charge in [0.1, 0.15) is 41.3 Å². The highest BCUT2D eigenvalue weighted by atomic mass is 16.5. The summed E-state index contributed by atoms with van der Waals surface area (Å²) in [4.78, 5) is 11.8. The molecule has 0 spiro atoms. The van der Waals surface area contributed by atoms with E-state index in [0.717, 1.165) is 0 Å². The first-order valence-electron chi connectivity index (χ1n) is 9.88. The van der Waals surface area contributed by atoms with E-state index in [9.17, 15) is 30.3 Å². The third-order valence-electron chi connectivity index (χ3n) is 6.21. The lowest BCUT2D eigenvalue weighted by atomic mass is 9.75. The van der Waals surface area contributed by atoms with Crippen LogP contribution in [0.2, 0.25) is 0 Å². The van der Waals surface area contributed by atoms with Crippen LogP contribution in [0.1, 0.15) is 31.9 Å². The molecular formula is C21H26O9. The molecule has 1 fully saturated rings. The fraction of sp³-hybridized carbons (Fsp3) is 0.571. The van der Waals surface area contributed by atoms with E-state index < -0.39 is 60.4 Å². The maximum Gasteiger partial charge on any atom is 0.336 e. The van der Waals surface area contributed by atoms with E-state index in [1.807, 2.05) is 0 Å². The van der Waals surface area contributed by atoms with Gasteiger partial charge in [-0.05, 0) is 38.5 Å². The highest BCUT2D eigenvalue weighted by Gasteiger charge is 2.50. The molecule has 2 aliphatic rings. The Kier molecular flexibility index (Phi) is 5.38. The van der Waals surface area contributed by atoms with Crippen molar-refractivity contribution in [3.8, 4) is 5.75 Å². The molecule has 1 aromatic heterocycles. The third kappa shape index (κ3) is 3.41. The van der Waals surface area contributed by atoms with Crippen molar-refractivity contribution in [2.24, 2.45) is 5.92 Å². The van der Waals surface area contributed by atoms with Gasteiger partial charge in [-0.3, -0.25) is 0 Å². The van der Waals surface area contributed by atoms with Crippen LogP contribution in [0.25, 0.3) is 11.0 Å². The van der Waals surface area contributed by atoms with E-state index >= 15 is 0 Å². The standard InChI is InChI=1S/C21H26O9/c1-21(2)10(7-12-17(25)19(27)18(26)13(8-22)28-12)16(24)15-11(30-21)5-3-9-4-6-14(23)29-20(9)15/h3-6,10,12-13,16-19,22,24-27H,7-8H2,1-2H3. The van der Waals surface area contributed by atoms with Crippen LogP contribution in [0.4, 0.5) is 0 Å². The van der Waals surface area contributed by atoms with Gasteiger partial charge in [0.15, 0.2) is 0 Å². The van der Waals surface area contributed by atoms with Crippen molar-refractivity contribution in [2.75, 3.05) is 6.61 Å². The molecule has 7 atom stereocenters. The lowest BCUT2D eigenvalue weighted by Crippen LogP contribution is -2.60. The van der Waals surface area contributed by atoms with Gasteiger partial charge >= 0.3 is 5.63 Å². The minimum absolute atomic E-state index is 0.0580. The summed E-state index contributed by atoms with van der Waals surface area (Å²) < 4.78 is 17.1. The molecule has 3 heterocycles. The van der Waals surface area contributed by atoms with E-state index in [1.54, 1.807) is 32.0 Å². The molecule has 0 saturated carbocycles. The van der Waals surface area contributed by atoms with Gasteiger partial charge < -0.3 is 39.4 Å². The lowest BCUT2D eigenvalue weighted by Gasteiger charge is -2.47. The molecule has 4 rings (SSSR count). The van der Waals surface area contributed by atoms with Crippen molar-refractivity contribution >= 4 is 11.0 Å². The molecule has 0 radical (unpaired) electrons. The van der Waals surface area contributed by atoms with Crippen LogP contribution in [0, 0.1) is 5.92 Å². The Morgan fingerprint density at radius 2 is 1.63 bits per heavy atom. The van der Waals surface area contributed by atoms with Gasteiger partial charge in [0.2, 0.25) is 0 Å². The SMILES string of the molecule is CC1(C)Oc2ccc3ccc(=O)oc3c2C(O)C1CC1OC(CO)C(O)C(O)C1O. The number of aliphatic hydroxyl groups excluding tert-OH is 5. The first-order chi connectivity index (χ1) is 14.1. The van der Waals surface area contributed by atoms with Crippen molar-refractivity contribution in [3.05, 3.63) is 40.2 Å². The molecule has 2 aliphatic heterocycles. The Morgan fingerprint density at radius 3 is 2.33 bits per heavy atom. The Bertz CT molecular complexity index is 982. The quantitative estimate of drug-likeness (QED) is 0.425. The molecule has 7 unspecified atom stereocenters. The summed E-state index contributed by atoms with van der Waals surface area (Å²) in [6, 6.07) is 6.32. The molecule has 5 N–H and O–H groups in total. The van der Waals surface area contributed by atoms with Gasteiger partial charge in [-0.1, -0.05) is 0 Å². The van der Waals surface area contributed by atoms with E-state index in [-0.39, 0.29) is 12.0 Å². The second-order valence-corrected chi connectivity index (χ2v) is 8.51. The van der Waals surface area contributed by atoms with E-state index in [1.165, 1.54) is 6.07 Å². The fourth-order valence-electron chi connectivity index (χ4n) is 4.48. The van der Waals surface area contributed by atoms with E-state index in [4.69, 9.17) is 13.9 Å². The number of rotatable bonds is 3. The molecule has 2 aromatic rings. The number of aliphatic hydroxyl groups is 5. The van der Waals surface area contributed by atoms with Crippen molar-refractivity contribution < 1.29 is 39.4 Å². The van der Waals surface area contributed by atoms with Crippen molar-refractivity contribution in [1.82, 2.24) is 0 Å². The van der Waals surface area contributed by atoms with Crippen LogP contribution in [0.3, 0.4) is 0 Å². The molecule has 164 valence electrons. The number of hydrogen-bond donors (Lipinski definition) is 5. The molecule has 1 saturated heterocycles. The van der Waals surface area contributed by atoms with Crippen molar-refractivity contribution in [2.45, 2.75) is 62.5 Å². The van der Waals surface area contributed by atoms with Gasteiger partial charge in [-0.2, -0.15) is 0 Å². The zero-order valence-corrected chi connectivity index (χ0v) is 16.6. The van der Waals surface area contributed by atoms with Crippen LogP contribution in [0.15, 0.2) is 33.5 Å². The molecule has 9 heteroatoms. The second-order valence-electron chi connectivity index (χ2n) is 8.51. The van der Waals surface area contributed by atoms with Gasteiger partial charge in [-0.25, -0.2) is 4.79 Å². The van der Waals surface area contributed by atoms with Crippen LogP contribution in [-0.2, 0) is 4.74 Å².